The van der Waals surface area contributed by atoms with Crippen molar-refractivity contribution in [1.29, 1.82) is 10.7 Å². The Hall–Kier alpha value is -1.62. The van der Waals surface area contributed by atoms with E-state index in [0.717, 1.165) is 17.8 Å². The second kappa shape index (κ2) is 6.85. The van der Waals surface area contributed by atoms with Gasteiger partial charge in [-0.15, -0.1) is 11.3 Å². The van der Waals surface area contributed by atoms with E-state index in [2.05, 4.69) is 10.2 Å². The van der Waals surface area contributed by atoms with E-state index in [4.69, 9.17) is 21.7 Å². The highest BCUT2D eigenvalue weighted by Crippen LogP contribution is 2.27. The van der Waals surface area contributed by atoms with Crippen LogP contribution in [0.25, 0.3) is 0 Å². The van der Waals surface area contributed by atoms with Gasteiger partial charge in [-0.3, -0.25) is 5.41 Å². The minimum atomic E-state index is -0.166. The zero-order valence-electron chi connectivity index (χ0n) is 9.19. The molecule has 0 fully saturated rings. The van der Waals surface area contributed by atoms with Gasteiger partial charge in [0.2, 0.25) is 5.90 Å². The zero-order chi connectivity index (χ0) is 12.7. The lowest BCUT2D eigenvalue weighted by molar-refractivity contribution is 0.286. The predicted octanol–water partition coefficient (Wildman–Crippen LogP) is 1.02. The number of hydrogen-bond donors (Lipinski definition) is 4. The van der Waals surface area contributed by atoms with E-state index in [9.17, 15) is 0 Å². The Morgan fingerprint density at radius 2 is 2.41 bits per heavy atom. The summed E-state index contributed by atoms with van der Waals surface area (Å²) in [7, 11) is 0. The van der Waals surface area contributed by atoms with Crippen molar-refractivity contribution in [2.45, 2.75) is 12.8 Å². The number of thiophene rings is 1. The molecule has 0 radical (unpaired) electrons. The number of aliphatic hydroxyl groups is 1. The summed E-state index contributed by atoms with van der Waals surface area (Å²) < 4.78 is 0. The highest BCUT2D eigenvalue weighted by molar-refractivity contribution is 7.15. The van der Waals surface area contributed by atoms with Crippen LogP contribution in [-0.2, 0) is 4.84 Å². The lowest BCUT2D eigenvalue weighted by Gasteiger charge is -2.06. The fourth-order valence-corrected chi connectivity index (χ4v) is 2.08. The maximum Gasteiger partial charge on any atom is 0.249 e. The van der Waals surface area contributed by atoms with Gasteiger partial charge in [-0.25, -0.2) is 0 Å². The van der Waals surface area contributed by atoms with Crippen LogP contribution in [0.15, 0.2) is 6.07 Å². The minimum Gasteiger partial charge on any atom is -0.396 e. The third kappa shape index (κ3) is 3.71. The summed E-state index contributed by atoms with van der Waals surface area (Å²) in [5, 5.41) is 28.0. The Kier molecular flexibility index (Phi) is 5.42. The monoisotopic (exact) mass is 254 g/mol. The molecule has 0 amide bonds. The van der Waals surface area contributed by atoms with E-state index >= 15 is 0 Å². The molecule has 0 saturated carbocycles. The van der Waals surface area contributed by atoms with E-state index < -0.39 is 0 Å². The van der Waals surface area contributed by atoms with Crippen molar-refractivity contribution in [3.05, 3.63) is 15.8 Å². The first-order valence-electron chi connectivity index (χ1n) is 5.07. The number of hydrogen-bond acceptors (Lipinski definition) is 7. The average Bonchev–Trinajstić information content (AvgIpc) is 2.77. The van der Waals surface area contributed by atoms with Gasteiger partial charge in [0.25, 0.3) is 0 Å². The molecule has 0 aliphatic heterocycles. The highest BCUT2D eigenvalue weighted by atomic mass is 32.1. The number of nitrogens with two attached hydrogens (primary N) is 1. The zero-order valence-corrected chi connectivity index (χ0v) is 10.0. The molecule has 1 heterocycles. The maximum atomic E-state index is 8.80. The Bertz CT molecular complexity index is 424. The average molecular weight is 254 g/mol. The molecule has 0 saturated heterocycles. The molecule has 6 nitrogen and oxygen atoms in total. The van der Waals surface area contributed by atoms with E-state index in [0.29, 0.717) is 28.4 Å². The third-order valence-electron chi connectivity index (χ3n) is 2.07. The number of aliphatic hydroxyl groups excluding tert-OH is 1. The summed E-state index contributed by atoms with van der Waals surface area (Å²) in [6, 6.07) is 3.67. The molecule has 0 aliphatic rings. The molecule has 0 aliphatic carbocycles. The number of nitrogens with zero attached hydrogens (tertiary/aromatic N) is 1. The van der Waals surface area contributed by atoms with Gasteiger partial charge in [0.15, 0.2) is 0 Å². The number of nitrogens with one attached hydrogen (secondary N) is 2. The quantitative estimate of drug-likeness (QED) is 0.262. The van der Waals surface area contributed by atoms with Crippen LogP contribution in [0.1, 0.15) is 22.6 Å². The molecule has 5 N–H and O–H groups in total. The van der Waals surface area contributed by atoms with Gasteiger partial charge < -0.3 is 15.3 Å². The standard InChI is InChI=1S/C10H14N4O2S/c11-6-7-5-8(14-3-1-2-4-15)9(17-7)10(12)16-13/h5,12,14-15H,1-4,13H2. The SMILES string of the molecule is N#Cc1cc(NCCCCO)c(C(=N)ON)s1. The summed E-state index contributed by atoms with van der Waals surface area (Å²) in [6.07, 6.45) is 1.52. The first-order valence-corrected chi connectivity index (χ1v) is 5.89. The van der Waals surface area contributed by atoms with Crippen molar-refractivity contribution in [3.8, 4) is 6.07 Å². The predicted molar refractivity (Wildman–Crippen MR) is 65.9 cm³/mol. The van der Waals surface area contributed by atoms with Crippen LogP contribution < -0.4 is 11.2 Å². The molecule has 7 heteroatoms. The number of rotatable bonds is 6. The number of unbranched alkanes of at least 4 members (excludes halogenated alkanes) is 1. The second-order valence-corrected chi connectivity index (χ2v) is 4.32. The Morgan fingerprint density at radius 3 is 3.00 bits per heavy atom. The van der Waals surface area contributed by atoms with Gasteiger partial charge in [0.05, 0.1) is 5.69 Å². The lowest BCUT2D eigenvalue weighted by atomic mass is 10.3. The molecule has 0 atom stereocenters. The Labute approximate surface area is 103 Å². The largest absolute Gasteiger partial charge is 0.396 e. The smallest absolute Gasteiger partial charge is 0.249 e. The van der Waals surface area contributed by atoms with Crippen molar-refractivity contribution in [1.82, 2.24) is 0 Å². The molecule has 0 bridgehead atoms. The van der Waals surface area contributed by atoms with E-state index in [-0.39, 0.29) is 12.5 Å². The summed E-state index contributed by atoms with van der Waals surface area (Å²) in [4.78, 5) is 5.37. The van der Waals surface area contributed by atoms with Crippen LogP contribution in [0.5, 0.6) is 0 Å². The molecule has 0 spiro atoms. The fourth-order valence-electron chi connectivity index (χ4n) is 1.26. The molecule has 1 rings (SSSR count). The minimum absolute atomic E-state index is 0.156. The summed E-state index contributed by atoms with van der Waals surface area (Å²) in [6.45, 7) is 0.816. The summed E-state index contributed by atoms with van der Waals surface area (Å²) in [5.41, 5.74) is 0.667. The van der Waals surface area contributed by atoms with Crippen LogP contribution in [-0.4, -0.2) is 24.2 Å². The molecule has 1 aromatic rings. The maximum absolute atomic E-state index is 8.80. The number of nitriles is 1. The summed E-state index contributed by atoms with van der Waals surface area (Å²) in [5.74, 6) is 4.77. The number of anilines is 1. The molecule has 0 unspecified atom stereocenters. The first-order chi connectivity index (χ1) is 8.22. The van der Waals surface area contributed by atoms with Crippen LogP contribution in [0.3, 0.4) is 0 Å². The molecule has 17 heavy (non-hydrogen) atoms. The van der Waals surface area contributed by atoms with Gasteiger partial charge in [-0.2, -0.15) is 11.2 Å². The van der Waals surface area contributed by atoms with Gasteiger partial charge in [-0.1, -0.05) is 0 Å². The van der Waals surface area contributed by atoms with E-state index in [1.54, 1.807) is 6.07 Å². The van der Waals surface area contributed by atoms with Gasteiger partial charge in [0.1, 0.15) is 15.8 Å². The summed E-state index contributed by atoms with van der Waals surface area (Å²) >= 11 is 1.15. The molecular weight excluding hydrogens is 240 g/mol. The second-order valence-electron chi connectivity index (χ2n) is 3.27. The van der Waals surface area contributed by atoms with Gasteiger partial charge in [-0.05, 0) is 18.9 Å². The van der Waals surface area contributed by atoms with Crippen molar-refractivity contribution in [3.63, 3.8) is 0 Å². The van der Waals surface area contributed by atoms with Crippen molar-refractivity contribution in [2.24, 2.45) is 5.90 Å². The fraction of sp³-hybridized carbons (Fsp3) is 0.400. The van der Waals surface area contributed by atoms with Crippen LogP contribution >= 0.6 is 11.3 Å². The molecule has 92 valence electrons. The molecule has 1 aromatic heterocycles. The van der Waals surface area contributed by atoms with Crippen molar-refractivity contribution < 1.29 is 9.94 Å². The van der Waals surface area contributed by atoms with Crippen LogP contribution in [0.2, 0.25) is 0 Å². The first kappa shape index (κ1) is 13.4. The van der Waals surface area contributed by atoms with Crippen molar-refractivity contribution in [2.75, 3.05) is 18.5 Å². The van der Waals surface area contributed by atoms with Gasteiger partial charge in [0, 0.05) is 13.2 Å². The lowest BCUT2D eigenvalue weighted by Crippen LogP contribution is -2.11. The topological polar surface area (TPSA) is 115 Å². The third-order valence-corrected chi connectivity index (χ3v) is 3.11. The van der Waals surface area contributed by atoms with E-state index in [1.807, 2.05) is 6.07 Å². The van der Waals surface area contributed by atoms with Crippen LogP contribution in [0, 0.1) is 16.7 Å². The Morgan fingerprint density at radius 1 is 1.65 bits per heavy atom. The van der Waals surface area contributed by atoms with Crippen molar-refractivity contribution >= 4 is 22.9 Å². The molecular formula is C10H14N4O2S. The molecule has 0 aromatic carbocycles. The van der Waals surface area contributed by atoms with Gasteiger partial charge >= 0.3 is 0 Å². The Balaban J connectivity index is 2.72. The van der Waals surface area contributed by atoms with E-state index in [1.165, 1.54) is 0 Å². The highest BCUT2D eigenvalue weighted by Gasteiger charge is 2.14. The normalized spacial score (nSPS) is 9.71. The van der Waals surface area contributed by atoms with Crippen LogP contribution in [0.4, 0.5) is 5.69 Å².